The number of hydrogen-bond donors (Lipinski definition) is 2. The molecular weight excluding hydrogens is 500 g/mol. The van der Waals surface area contributed by atoms with Crippen molar-refractivity contribution in [2.75, 3.05) is 33.0 Å². The van der Waals surface area contributed by atoms with E-state index in [9.17, 15) is 29.1 Å². The van der Waals surface area contributed by atoms with Crippen molar-refractivity contribution in [3.63, 3.8) is 0 Å². The van der Waals surface area contributed by atoms with Crippen LogP contribution in [0.2, 0.25) is 0 Å². The van der Waals surface area contributed by atoms with Gasteiger partial charge in [-0.25, -0.2) is 0 Å². The van der Waals surface area contributed by atoms with Gasteiger partial charge in [-0.2, -0.15) is 0 Å². The summed E-state index contributed by atoms with van der Waals surface area (Å²) < 4.78 is 15.7. The van der Waals surface area contributed by atoms with Crippen molar-refractivity contribution in [1.82, 2.24) is 5.32 Å². The van der Waals surface area contributed by atoms with Gasteiger partial charge in [0.25, 0.3) is 0 Å². The number of carboxylic acids is 1. The van der Waals surface area contributed by atoms with Crippen LogP contribution in [0.15, 0.2) is 35.4 Å². The number of aliphatic carboxylic acids is 1. The van der Waals surface area contributed by atoms with Crippen molar-refractivity contribution < 1.29 is 43.3 Å². The first-order chi connectivity index (χ1) is 18.2. The van der Waals surface area contributed by atoms with Crippen molar-refractivity contribution >= 4 is 29.4 Å². The van der Waals surface area contributed by atoms with Crippen molar-refractivity contribution in [1.29, 1.82) is 0 Å². The molecule has 0 unspecified atom stereocenters. The fraction of sp³-hybridized carbons (Fsp3) is 0.560. The minimum atomic E-state index is -1.32. The first kappa shape index (κ1) is 32.2. The molecule has 1 amide bonds. The number of ketones is 2. The van der Waals surface area contributed by atoms with Gasteiger partial charge in [-0.3, -0.25) is 19.2 Å². The minimum Gasteiger partial charge on any atom is -0.481 e. The minimum absolute atomic E-state index is 0.00183. The maximum Gasteiger partial charge on any atom is 0.306 e. The number of amides is 1. The Balaban J connectivity index is 2.56. The molecule has 1 aromatic rings. The third-order valence-electron chi connectivity index (χ3n) is 5.13. The summed E-state index contributed by atoms with van der Waals surface area (Å²) in [4.78, 5) is 63.4. The highest BCUT2D eigenvalue weighted by Crippen LogP contribution is 2.14. The largest absolute Gasteiger partial charge is 0.481 e. The zero-order valence-electron chi connectivity index (χ0n) is 21.4. The van der Waals surface area contributed by atoms with E-state index in [0.29, 0.717) is 0 Å². The first-order valence-electron chi connectivity index (χ1n) is 12.1. The fourth-order valence-electron chi connectivity index (χ4n) is 3.31. The van der Waals surface area contributed by atoms with E-state index in [1.165, 1.54) is 6.92 Å². The lowest BCUT2D eigenvalue weighted by Crippen LogP contribution is -2.45. The number of Topliss-reactive ketones (excluding diaryl/α,β-unsaturated/α-hetero) is 2. The summed E-state index contributed by atoms with van der Waals surface area (Å²) >= 11 is 0. The molecule has 13 heteroatoms. The molecule has 0 aliphatic heterocycles. The number of rotatable bonds is 21. The number of esters is 1. The second-order valence-electron chi connectivity index (χ2n) is 8.36. The lowest BCUT2D eigenvalue weighted by molar-refractivity contribution is -0.149. The molecule has 0 aromatic heterocycles. The van der Waals surface area contributed by atoms with Crippen LogP contribution in [0.1, 0.15) is 44.6 Å². The maximum absolute atomic E-state index is 12.8. The summed E-state index contributed by atoms with van der Waals surface area (Å²) in [6.07, 6.45) is -1.07. The lowest BCUT2D eigenvalue weighted by atomic mass is 9.96. The number of nitrogens with zero attached hydrogens (tertiary/aromatic N) is 3. The number of ether oxygens (including phenoxy) is 3. The van der Waals surface area contributed by atoms with Gasteiger partial charge in [-0.05, 0) is 24.4 Å². The van der Waals surface area contributed by atoms with Gasteiger partial charge < -0.3 is 29.4 Å². The Morgan fingerprint density at radius 2 is 1.68 bits per heavy atom. The molecule has 0 bridgehead atoms. The monoisotopic (exact) mass is 534 g/mol. The second kappa shape index (κ2) is 19.3. The van der Waals surface area contributed by atoms with Gasteiger partial charge in [0, 0.05) is 30.9 Å². The summed E-state index contributed by atoms with van der Waals surface area (Å²) in [7, 11) is 0. The Morgan fingerprint density at radius 1 is 1.00 bits per heavy atom. The van der Waals surface area contributed by atoms with Crippen molar-refractivity contribution in [2.45, 2.75) is 51.7 Å². The van der Waals surface area contributed by atoms with Crippen LogP contribution in [0.4, 0.5) is 0 Å². The molecule has 0 radical (unpaired) electrons. The quantitative estimate of drug-likeness (QED) is 0.0782. The van der Waals surface area contributed by atoms with Crippen LogP contribution in [0.25, 0.3) is 10.4 Å². The Morgan fingerprint density at radius 3 is 2.32 bits per heavy atom. The van der Waals surface area contributed by atoms with Gasteiger partial charge >= 0.3 is 11.9 Å². The van der Waals surface area contributed by atoms with E-state index in [1.807, 2.05) is 6.07 Å². The van der Waals surface area contributed by atoms with E-state index >= 15 is 0 Å². The summed E-state index contributed by atoms with van der Waals surface area (Å²) in [6.45, 7) is 2.48. The number of carbonyl (C=O) groups is 5. The van der Waals surface area contributed by atoms with Crippen LogP contribution in [0, 0.1) is 5.92 Å². The molecule has 208 valence electrons. The van der Waals surface area contributed by atoms with Gasteiger partial charge in [0.2, 0.25) is 5.91 Å². The van der Waals surface area contributed by atoms with Crippen molar-refractivity contribution in [3.05, 3.63) is 46.3 Å². The highest BCUT2D eigenvalue weighted by Gasteiger charge is 2.29. The second-order valence-corrected chi connectivity index (χ2v) is 8.36. The molecule has 1 aromatic carbocycles. The van der Waals surface area contributed by atoms with E-state index in [1.54, 1.807) is 24.3 Å². The first-order valence-corrected chi connectivity index (χ1v) is 12.1. The van der Waals surface area contributed by atoms with Crippen LogP contribution < -0.4 is 5.32 Å². The SMILES string of the molecule is CC(=O)C[C@@H](CC(=O)OCc1ccccc1)C(=O)N[C@@H](CC(=O)O)C(=O)CCCOCCOCCN=[N+]=[N-]. The van der Waals surface area contributed by atoms with Crippen LogP contribution >= 0.6 is 0 Å². The highest BCUT2D eigenvalue weighted by atomic mass is 16.5. The van der Waals surface area contributed by atoms with Gasteiger partial charge in [0.15, 0.2) is 5.78 Å². The molecule has 0 aliphatic rings. The van der Waals surface area contributed by atoms with Crippen LogP contribution in [-0.4, -0.2) is 73.5 Å². The Labute approximate surface area is 220 Å². The molecular formula is C25H34N4O9. The Bertz CT molecular complexity index is 965. The molecule has 2 atom stereocenters. The third kappa shape index (κ3) is 15.3. The molecule has 0 spiro atoms. The zero-order chi connectivity index (χ0) is 28.2. The van der Waals surface area contributed by atoms with Crippen LogP contribution in [-0.2, 0) is 44.8 Å². The van der Waals surface area contributed by atoms with E-state index in [0.717, 1.165) is 5.56 Å². The van der Waals surface area contributed by atoms with E-state index in [4.69, 9.17) is 19.7 Å². The molecule has 13 nitrogen and oxygen atoms in total. The lowest BCUT2D eigenvalue weighted by Gasteiger charge is -2.20. The topological polar surface area (TPSA) is 194 Å². The summed E-state index contributed by atoms with van der Waals surface area (Å²) in [5.74, 6) is -4.73. The predicted octanol–water partition coefficient (Wildman–Crippen LogP) is 2.37. The van der Waals surface area contributed by atoms with Crippen molar-refractivity contribution in [3.8, 4) is 0 Å². The number of carbonyl (C=O) groups excluding carboxylic acids is 4. The van der Waals surface area contributed by atoms with Gasteiger partial charge in [-0.1, -0.05) is 35.4 Å². The fourth-order valence-corrected chi connectivity index (χ4v) is 3.31. The normalized spacial score (nSPS) is 12.0. The van der Waals surface area contributed by atoms with Gasteiger partial charge in [-0.15, -0.1) is 0 Å². The number of carboxylic acid groups (broad SMARTS) is 1. The zero-order valence-corrected chi connectivity index (χ0v) is 21.4. The van der Waals surface area contributed by atoms with Crippen molar-refractivity contribution in [2.24, 2.45) is 11.0 Å². The molecule has 0 saturated carbocycles. The predicted molar refractivity (Wildman–Crippen MR) is 134 cm³/mol. The smallest absolute Gasteiger partial charge is 0.306 e. The average Bonchev–Trinajstić information content (AvgIpc) is 2.87. The molecule has 38 heavy (non-hydrogen) atoms. The van der Waals surface area contributed by atoms with Gasteiger partial charge in [0.05, 0.1) is 44.6 Å². The molecule has 0 fully saturated rings. The summed E-state index contributed by atoms with van der Waals surface area (Å²) in [5.41, 5.74) is 8.91. The van der Waals surface area contributed by atoms with E-state index in [-0.39, 0.29) is 64.6 Å². The summed E-state index contributed by atoms with van der Waals surface area (Å²) in [5, 5.41) is 14.9. The third-order valence-corrected chi connectivity index (χ3v) is 5.13. The Hall–Kier alpha value is -3.80. The number of nitrogens with one attached hydrogen (secondary N) is 1. The molecule has 2 N–H and O–H groups in total. The van der Waals surface area contributed by atoms with Gasteiger partial charge in [0.1, 0.15) is 12.4 Å². The molecule has 1 rings (SSSR count). The average molecular weight is 535 g/mol. The maximum atomic E-state index is 12.8. The summed E-state index contributed by atoms with van der Waals surface area (Å²) in [6, 6.07) is 7.59. The Kier molecular flexibility index (Phi) is 16.4. The highest BCUT2D eigenvalue weighted by molar-refractivity contribution is 5.94. The van der Waals surface area contributed by atoms with E-state index in [2.05, 4.69) is 15.3 Å². The standard InChI is InChI=1S/C25H34N4O9/c1-18(30)14-20(15-24(34)38-17-19-6-3-2-4-7-19)25(35)28-21(16-23(32)33)22(31)8-5-10-36-12-13-37-11-9-27-29-26/h2-4,6-7,20-21H,5,8-17H2,1H3,(H,28,35)(H,32,33)/t20-,21-/m0/s1. The molecule has 0 saturated heterocycles. The molecule has 0 heterocycles. The number of benzene rings is 1. The van der Waals surface area contributed by atoms with Crippen LogP contribution in [0.3, 0.4) is 0 Å². The van der Waals surface area contributed by atoms with E-state index < -0.39 is 48.4 Å². The number of azide groups is 1. The number of hydrogen-bond acceptors (Lipinski definition) is 9. The van der Waals surface area contributed by atoms with Crippen LogP contribution in [0.5, 0.6) is 0 Å². The molecule has 0 aliphatic carbocycles.